The van der Waals surface area contributed by atoms with Crippen LogP contribution < -0.4 is 11.1 Å². The average molecular weight is 272 g/mol. The molecular weight excluding hydrogens is 252 g/mol. The first kappa shape index (κ1) is 14.3. The quantitative estimate of drug-likeness (QED) is 0.820. The second kappa shape index (κ2) is 6.86. The van der Waals surface area contributed by atoms with E-state index in [0.717, 1.165) is 24.1 Å². The van der Waals surface area contributed by atoms with Crippen molar-refractivity contribution in [2.75, 3.05) is 13.1 Å². The molecule has 0 aliphatic heterocycles. The highest BCUT2D eigenvalue weighted by Crippen LogP contribution is 2.06. The Labute approximate surface area is 118 Å². The van der Waals surface area contributed by atoms with Crippen molar-refractivity contribution >= 4 is 5.91 Å². The zero-order valence-corrected chi connectivity index (χ0v) is 11.7. The molecule has 3 N–H and O–H groups in total. The fourth-order valence-corrected chi connectivity index (χ4v) is 2.09. The van der Waals surface area contributed by atoms with Gasteiger partial charge in [0.2, 0.25) is 0 Å². The lowest BCUT2D eigenvalue weighted by Crippen LogP contribution is -2.26. The lowest BCUT2D eigenvalue weighted by Gasteiger charge is -2.07. The summed E-state index contributed by atoms with van der Waals surface area (Å²) >= 11 is 0. The summed E-state index contributed by atoms with van der Waals surface area (Å²) in [6.07, 6.45) is 3.31. The number of rotatable bonds is 6. The van der Waals surface area contributed by atoms with Gasteiger partial charge < -0.3 is 11.1 Å². The number of hydrogen-bond acceptors (Lipinski definition) is 3. The number of nitrogens with zero attached hydrogens (tertiary/aromatic N) is 2. The molecule has 0 fully saturated rings. The van der Waals surface area contributed by atoms with Gasteiger partial charge in [0.25, 0.3) is 5.91 Å². The first-order chi connectivity index (χ1) is 9.70. The molecule has 0 saturated heterocycles. The zero-order chi connectivity index (χ0) is 14.4. The van der Waals surface area contributed by atoms with Crippen molar-refractivity contribution in [3.8, 4) is 0 Å². The van der Waals surface area contributed by atoms with Gasteiger partial charge >= 0.3 is 0 Å². The van der Waals surface area contributed by atoms with Crippen molar-refractivity contribution in [1.29, 1.82) is 0 Å². The molecule has 0 atom stereocenters. The molecule has 20 heavy (non-hydrogen) atoms. The van der Waals surface area contributed by atoms with Gasteiger partial charge in [-0.2, -0.15) is 5.10 Å². The van der Waals surface area contributed by atoms with E-state index in [1.807, 2.05) is 42.1 Å². The lowest BCUT2D eigenvalue weighted by atomic mass is 10.1. The number of carbonyl (C=O) groups is 1. The van der Waals surface area contributed by atoms with Gasteiger partial charge in [0, 0.05) is 37.5 Å². The van der Waals surface area contributed by atoms with Gasteiger partial charge in [0.05, 0.1) is 0 Å². The van der Waals surface area contributed by atoms with Crippen LogP contribution in [0.25, 0.3) is 0 Å². The molecule has 5 nitrogen and oxygen atoms in total. The number of nitrogens with two attached hydrogens (primary N) is 1. The maximum Gasteiger partial charge on any atom is 0.251 e. The van der Waals surface area contributed by atoms with Crippen LogP contribution in [-0.2, 0) is 19.9 Å². The van der Waals surface area contributed by atoms with Crippen molar-refractivity contribution in [3.63, 3.8) is 0 Å². The van der Waals surface area contributed by atoms with Crippen molar-refractivity contribution in [2.45, 2.75) is 12.8 Å². The Bertz CT molecular complexity index is 577. The minimum Gasteiger partial charge on any atom is -0.352 e. The highest BCUT2D eigenvalue weighted by Gasteiger charge is 2.06. The van der Waals surface area contributed by atoms with Gasteiger partial charge in [0.1, 0.15) is 0 Å². The third kappa shape index (κ3) is 3.68. The predicted octanol–water partition coefficient (Wildman–Crippen LogP) is 0.894. The Kier molecular flexibility index (Phi) is 4.90. The lowest BCUT2D eigenvalue weighted by molar-refractivity contribution is 0.0954. The van der Waals surface area contributed by atoms with Crippen LogP contribution in [0.1, 0.15) is 21.6 Å². The van der Waals surface area contributed by atoms with Gasteiger partial charge in [-0.3, -0.25) is 9.48 Å². The van der Waals surface area contributed by atoms with Crippen LogP contribution in [0.4, 0.5) is 0 Å². The Morgan fingerprint density at radius 3 is 2.90 bits per heavy atom. The molecule has 1 heterocycles. The minimum absolute atomic E-state index is 0.0500. The topological polar surface area (TPSA) is 72.9 Å². The molecule has 106 valence electrons. The van der Waals surface area contributed by atoms with Crippen LogP contribution in [0, 0.1) is 0 Å². The van der Waals surface area contributed by atoms with E-state index in [1.54, 1.807) is 6.20 Å². The van der Waals surface area contributed by atoms with Crippen LogP contribution in [0.15, 0.2) is 36.5 Å². The van der Waals surface area contributed by atoms with Crippen molar-refractivity contribution in [2.24, 2.45) is 12.8 Å². The predicted molar refractivity (Wildman–Crippen MR) is 78.4 cm³/mol. The Morgan fingerprint density at radius 2 is 2.20 bits per heavy atom. The molecule has 0 aliphatic carbocycles. The number of aryl methyl sites for hydroxylation is 1. The van der Waals surface area contributed by atoms with Crippen molar-refractivity contribution in [1.82, 2.24) is 15.1 Å². The van der Waals surface area contributed by atoms with Crippen LogP contribution in [0.5, 0.6) is 0 Å². The van der Waals surface area contributed by atoms with E-state index in [2.05, 4.69) is 10.4 Å². The molecule has 0 unspecified atom stereocenters. The molecule has 1 amide bonds. The van der Waals surface area contributed by atoms with Gasteiger partial charge in [-0.1, -0.05) is 12.1 Å². The second-order valence-electron chi connectivity index (χ2n) is 4.69. The third-order valence-corrected chi connectivity index (χ3v) is 3.21. The van der Waals surface area contributed by atoms with Gasteiger partial charge in [-0.05, 0) is 36.7 Å². The Hall–Kier alpha value is -2.14. The second-order valence-corrected chi connectivity index (χ2v) is 4.69. The number of hydrogen-bond donors (Lipinski definition) is 2. The molecular formula is C15H20N4O. The summed E-state index contributed by atoms with van der Waals surface area (Å²) in [4.78, 5) is 12.0. The molecule has 0 radical (unpaired) electrons. The third-order valence-electron chi connectivity index (χ3n) is 3.21. The fourth-order valence-electron chi connectivity index (χ4n) is 2.09. The summed E-state index contributed by atoms with van der Waals surface area (Å²) in [6, 6.07) is 9.54. The van der Waals surface area contributed by atoms with Crippen LogP contribution in [0.3, 0.4) is 0 Å². The normalized spacial score (nSPS) is 10.5. The molecule has 0 aliphatic rings. The first-order valence-corrected chi connectivity index (χ1v) is 6.75. The summed E-state index contributed by atoms with van der Waals surface area (Å²) in [6.45, 7) is 1.19. The maximum absolute atomic E-state index is 12.0. The standard InChI is InChI=1S/C15H20N4O/c1-19-14(7-10-18-19)6-9-17-15(20)13-4-2-3-12(11-13)5-8-16/h2-4,7,10-11H,5-6,8-9,16H2,1H3,(H,17,20). The van der Waals surface area contributed by atoms with E-state index in [9.17, 15) is 4.79 Å². The molecule has 2 rings (SSSR count). The van der Waals surface area contributed by atoms with Gasteiger partial charge in [-0.25, -0.2) is 0 Å². The SMILES string of the molecule is Cn1nccc1CCNC(=O)c1cccc(CCN)c1. The van der Waals surface area contributed by atoms with Crippen molar-refractivity contribution in [3.05, 3.63) is 53.3 Å². The molecule has 2 aromatic rings. The average Bonchev–Trinajstić information content (AvgIpc) is 2.85. The van der Waals surface area contributed by atoms with Gasteiger partial charge in [-0.15, -0.1) is 0 Å². The smallest absolute Gasteiger partial charge is 0.251 e. The van der Waals surface area contributed by atoms with E-state index in [-0.39, 0.29) is 5.91 Å². The minimum atomic E-state index is -0.0500. The summed E-state index contributed by atoms with van der Waals surface area (Å²) in [5.74, 6) is -0.0500. The van der Waals surface area contributed by atoms with E-state index in [1.165, 1.54) is 0 Å². The van der Waals surface area contributed by atoms with Gasteiger partial charge in [0.15, 0.2) is 0 Å². The summed E-state index contributed by atoms with van der Waals surface area (Å²) in [5.41, 5.74) is 8.40. The monoisotopic (exact) mass is 272 g/mol. The zero-order valence-electron chi connectivity index (χ0n) is 11.7. The fraction of sp³-hybridized carbons (Fsp3) is 0.333. The highest BCUT2D eigenvalue weighted by atomic mass is 16.1. The first-order valence-electron chi connectivity index (χ1n) is 6.75. The summed E-state index contributed by atoms with van der Waals surface area (Å²) in [5, 5.41) is 7.02. The van der Waals surface area contributed by atoms with E-state index in [4.69, 9.17) is 5.73 Å². The Morgan fingerprint density at radius 1 is 1.35 bits per heavy atom. The van der Waals surface area contributed by atoms with E-state index in [0.29, 0.717) is 18.7 Å². The van der Waals surface area contributed by atoms with E-state index < -0.39 is 0 Å². The molecule has 0 bridgehead atoms. The largest absolute Gasteiger partial charge is 0.352 e. The number of nitrogens with one attached hydrogen (secondary N) is 1. The molecule has 0 saturated carbocycles. The maximum atomic E-state index is 12.0. The van der Waals surface area contributed by atoms with Crippen molar-refractivity contribution < 1.29 is 4.79 Å². The van der Waals surface area contributed by atoms with Crippen LogP contribution in [-0.4, -0.2) is 28.8 Å². The molecule has 1 aromatic carbocycles. The number of aromatic nitrogens is 2. The van der Waals surface area contributed by atoms with Crippen LogP contribution in [0.2, 0.25) is 0 Å². The molecule has 0 spiro atoms. The number of amides is 1. The highest BCUT2D eigenvalue weighted by molar-refractivity contribution is 5.94. The summed E-state index contributed by atoms with van der Waals surface area (Å²) < 4.78 is 1.81. The number of carbonyl (C=O) groups excluding carboxylic acids is 1. The Balaban J connectivity index is 1.88. The number of benzene rings is 1. The summed E-state index contributed by atoms with van der Waals surface area (Å²) in [7, 11) is 1.90. The molecule has 5 heteroatoms. The molecule has 1 aromatic heterocycles. The van der Waals surface area contributed by atoms with Crippen LogP contribution >= 0.6 is 0 Å². The van der Waals surface area contributed by atoms with E-state index >= 15 is 0 Å².